The monoisotopic (exact) mass is 472 g/mol. The number of halogens is 1. The number of aliphatic imine (C=N–C) groups is 1. The van der Waals surface area contributed by atoms with E-state index in [2.05, 4.69) is 39.7 Å². The summed E-state index contributed by atoms with van der Waals surface area (Å²) in [6, 6.07) is 5.94. The number of aromatic nitrogens is 3. The summed E-state index contributed by atoms with van der Waals surface area (Å²) in [5.41, 5.74) is 0.785. The van der Waals surface area contributed by atoms with Gasteiger partial charge in [0.2, 0.25) is 0 Å². The lowest BCUT2D eigenvalue weighted by Crippen LogP contribution is -2.39. The highest BCUT2D eigenvalue weighted by Crippen LogP contribution is 2.24. The van der Waals surface area contributed by atoms with Gasteiger partial charge in [0, 0.05) is 32.3 Å². The van der Waals surface area contributed by atoms with Crippen LogP contribution in [0.3, 0.4) is 0 Å². The van der Waals surface area contributed by atoms with Crippen LogP contribution < -0.4 is 10.6 Å². The van der Waals surface area contributed by atoms with Gasteiger partial charge in [0.05, 0.1) is 12.1 Å². The van der Waals surface area contributed by atoms with E-state index in [0.29, 0.717) is 6.54 Å². The number of nitrogens with zero attached hydrogens (tertiary/aromatic N) is 4. The van der Waals surface area contributed by atoms with Gasteiger partial charge in [-0.05, 0) is 45.2 Å². The topological polar surface area (TPSA) is 75.8 Å². The molecule has 0 spiro atoms. The van der Waals surface area contributed by atoms with Crippen LogP contribution >= 0.6 is 24.0 Å². The second-order valence-electron chi connectivity index (χ2n) is 6.67. The second-order valence-corrected chi connectivity index (χ2v) is 6.67. The number of ether oxygens (including phenoxy) is 1. The molecule has 0 saturated carbocycles. The number of hydrogen-bond acceptors (Lipinski definition) is 4. The molecule has 2 aromatic rings. The number of fused-ring (bicyclic) bond motifs is 1. The molecule has 144 valence electrons. The Morgan fingerprint density at radius 1 is 1.35 bits per heavy atom. The number of rotatable bonds is 7. The van der Waals surface area contributed by atoms with E-state index in [4.69, 9.17) is 4.74 Å². The Hall–Kier alpha value is -1.42. The fourth-order valence-corrected chi connectivity index (χ4v) is 3.06. The molecule has 0 bridgehead atoms. The Labute approximate surface area is 172 Å². The quantitative estimate of drug-likeness (QED) is 0.280. The first kappa shape index (κ1) is 20.9. The fourth-order valence-electron chi connectivity index (χ4n) is 3.06. The zero-order valence-corrected chi connectivity index (χ0v) is 17.9. The minimum atomic E-state index is -0.108. The molecule has 1 saturated heterocycles. The molecule has 0 radical (unpaired) electrons. The number of pyridine rings is 1. The summed E-state index contributed by atoms with van der Waals surface area (Å²) in [6.45, 7) is 7.44. The molecule has 7 nitrogen and oxygen atoms in total. The molecule has 0 amide bonds. The third-order valence-electron chi connectivity index (χ3n) is 4.47. The number of nitrogens with one attached hydrogen (secondary N) is 2. The van der Waals surface area contributed by atoms with E-state index in [1.54, 1.807) is 0 Å². The molecule has 1 unspecified atom stereocenters. The van der Waals surface area contributed by atoms with Gasteiger partial charge in [-0.25, -0.2) is 0 Å². The Bertz CT molecular complexity index is 711. The van der Waals surface area contributed by atoms with Crippen LogP contribution in [0.2, 0.25) is 0 Å². The maximum absolute atomic E-state index is 5.80. The minimum absolute atomic E-state index is 0. The zero-order chi connectivity index (χ0) is 17.5. The molecular formula is C18H29IN6O. The SMILES string of the molecule is CCNC(=NCC1(C)CCCO1)NCCCc1nnc2ccccn12.I. The lowest BCUT2D eigenvalue weighted by atomic mass is 10.0. The molecule has 3 heterocycles. The lowest BCUT2D eigenvalue weighted by Gasteiger charge is -2.21. The van der Waals surface area contributed by atoms with Gasteiger partial charge < -0.3 is 15.4 Å². The number of aryl methyl sites for hydroxylation is 1. The predicted octanol–water partition coefficient (Wildman–Crippen LogP) is 2.40. The van der Waals surface area contributed by atoms with Gasteiger partial charge in [-0.2, -0.15) is 0 Å². The maximum atomic E-state index is 5.80. The van der Waals surface area contributed by atoms with Crippen molar-refractivity contribution < 1.29 is 4.74 Å². The summed E-state index contributed by atoms with van der Waals surface area (Å²) >= 11 is 0. The highest BCUT2D eigenvalue weighted by atomic mass is 127. The first-order chi connectivity index (χ1) is 12.2. The molecule has 0 aliphatic carbocycles. The van der Waals surface area contributed by atoms with E-state index in [0.717, 1.165) is 62.8 Å². The molecular weight excluding hydrogens is 443 g/mol. The van der Waals surface area contributed by atoms with Crippen molar-refractivity contribution in [3.8, 4) is 0 Å². The summed E-state index contributed by atoms with van der Waals surface area (Å²) in [6.07, 6.45) is 6.05. The van der Waals surface area contributed by atoms with Crippen LogP contribution in [0.4, 0.5) is 0 Å². The molecule has 26 heavy (non-hydrogen) atoms. The fraction of sp³-hybridized carbons (Fsp3) is 0.611. The molecule has 3 rings (SSSR count). The molecule has 1 aliphatic rings. The Balaban J connectivity index is 0.00000243. The van der Waals surface area contributed by atoms with E-state index in [1.807, 2.05) is 28.8 Å². The average molecular weight is 472 g/mol. The van der Waals surface area contributed by atoms with Crippen molar-refractivity contribution in [3.63, 3.8) is 0 Å². The van der Waals surface area contributed by atoms with Gasteiger partial charge in [0.25, 0.3) is 0 Å². The van der Waals surface area contributed by atoms with Crippen molar-refractivity contribution in [1.82, 2.24) is 25.2 Å². The summed E-state index contributed by atoms with van der Waals surface area (Å²) in [5.74, 6) is 1.84. The first-order valence-corrected chi connectivity index (χ1v) is 9.15. The van der Waals surface area contributed by atoms with Crippen molar-refractivity contribution in [2.24, 2.45) is 4.99 Å². The van der Waals surface area contributed by atoms with Gasteiger partial charge >= 0.3 is 0 Å². The van der Waals surface area contributed by atoms with E-state index in [-0.39, 0.29) is 29.6 Å². The van der Waals surface area contributed by atoms with E-state index in [1.165, 1.54) is 0 Å². The van der Waals surface area contributed by atoms with Gasteiger partial charge in [-0.15, -0.1) is 34.2 Å². The molecule has 2 N–H and O–H groups in total. The van der Waals surface area contributed by atoms with Crippen LogP contribution in [-0.4, -0.2) is 52.4 Å². The van der Waals surface area contributed by atoms with E-state index < -0.39 is 0 Å². The first-order valence-electron chi connectivity index (χ1n) is 9.15. The predicted molar refractivity (Wildman–Crippen MR) is 114 cm³/mol. The third kappa shape index (κ3) is 5.54. The summed E-state index contributed by atoms with van der Waals surface area (Å²) in [5, 5.41) is 15.1. The van der Waals surface area contributed by atoms with Crippen molar-refractivity contribution in [2.75, 3.05) is 26.2 Å². The summed E-state index contributed by atoms with van der Waals surface area (Å²) in [4.78, 5) is 4.69. The maximum Gasteiger partial charge on any atom is 0.191 e. The molecule has 0 aromatic carbocycles. The second kappa shape index (κ2) is 10.1. The molecule has 1 atom stereocenters. The van der Waals surface area contributed by atoms with Crippen LogP contribution in [0, 0.1) is 0 Å². The van der Waals surface area contributed by atoms with Gasteiger partial charge in [-0.3, -0.25) is 9.39 Å². The van der Waals surface area contributed by atoms with Crippen molar-refractivity contribution in [3.05, 3.63) is 30.2 Å². The van der Waals surface area contributed by atoms with Crippen molar-refractivity contribution >= 4 is 35.6 Å². The Kier molecular flexibility index (Phi) is 8.08. The van der Waals surface area contributed by atoms with Gasteiger partial charge in [0.1, 0.15) is 5.82 Å². The number of guanidine groups is 1. The largest absolute Gasteiger partial charge is 0.373 e. The zero-order valence-electron chi connectivity index (χ0n) is 15.6. The number of hydrogen-bond donors (Lipinski definition) is 2. The van der Waals surface area contributed by atoms with Gasteiger partial charge in [-0.1, -0.05) is 6.07 Å². The van der Waals surface area contributed by atoms with Gasteiger partial charge in [0.15, 0.2) is 11.6 Å². The smallest absolute Gasteiger partial charge is 0.191 e. The van der Waals surface area contributed by atoms with Crippen LogP contribution in [0.1, 0.15) is 38.9 Å². The van der Waals surface area contributed by atoms with Crippen molar-refractivity contribution in [1.29, 1.82) is 0 Å². The van der Waals surface area contributed by atoms with Crippen molar-refractivity contribution in [2.45, 2.75) is 45.1 Å². The highest BCUT2D eigenvalue weighted by Gasteiger charge is 2.29. The van der Waals surface area contributed by atoms with Crippen LogP contribution in [0.15, 0.2) is 29.4 Å². The van der Waals surface area contributed by atoms with Crippen LogP contribution in [0.5, 0.6) is 0 Å². The minimum Gasteiger partial charge on any atom is -0.373 e. The summed E-state index contributed by atoms with van der Waals surface area (Å²) < 4.78 is 7.84. The van der Waals surface area contributed by atoms with E-state index in [9.17, 15) is 0 Å². The molecule has 2 aromatic heterocycles. The third-order valence-corrected chi connectivity index (χ3v) is 4.47. The average Bonchev–Trinajstić information content (AvgIpc) is 3.23. The Morgan fingerprint density at radius 2 is 2.23 bits per heavy atom. The standard InChI is InChI=1S/C18H28N6O.HI/c1-3-19-17(21-14-18(2)10-7-13-25-18)20-11-6-9-16-23-22-15-8-4-5-12-24(15)16;/h4-5,8,12H,3,6-7,9-11,13-14H2,1-2H3,(H2,19,20,21);1H. The lowest BCUT2D eigenvalue weighted by molar-refractivity contribution is 0.0283. The highest BCUT2D eigenvalue weighted by molar-refractivity contribution is 14.0. The molecule has 8 heteroatoms. The van der Waals surface area contributed by atoms with E-state index >= 15 is 0 Å². The molecule has 1 fully saturated rings. The summed E-state index contributed by atoms with van der Waals surface area (Å²) in [7, 11) is 0. The van der Waals surface area contributed by atoms with Crippen LogP contribution in [-0.2, 0) is 11.2 Å². The molecule has 1 aliphatic heterocycles. The van der Waals surface area contributed by atoms with Crippen LogP contribution in [0.25, 0.3) is 5.65 Å². The normalized spacial score (nSPS) is 20.2. The Morgan fingerprint density at radius 3 is 3.00 bits per heavy atom.